The molecule has 1 heterocycles. The molecule has 1 rings (SSSR count). The molecule has 0 spiro atoms. The minimum Gasteiger partial charge on any atom is -0.318 e. The minimum absolute atomic E-state index is 0.0282. The van der Waals surface area contributed by atoms with Gasteiger partial charge in [0, 0.05) is 5.56 Å². The third-order valence-corrected chi connectivity index (χ3v) is 1.57. The Hall–Kier alpha value is -1.77. The lowest BCUT2D eigenvalue weighted by Gasteiger charge is -2.05. The van der Waals surface area contributed by atoms with Gasteiger partial charge in [-0.25, -0.2) is 0 Å². The molecule has 0 atom stereocenters. The van der Waals surface area contributed by atoms with Gasteiger partial charge in [0.05, 0.1) is 12.5 Å². The van der Waals surface area contributed by atoms with Gasteiger partial charge in [-0.3, -0.25) is 4.79 Å². The van der Waals surface area contributed by atoms with Gasteiger partial charge in [-0.1, -0.05) is 6.07 Å². The van der Waals surface area contributed by atoms with Gasteiger partial charge in [0.2, 0.25) is 0 Å². The monoisotopic (exact) mass is 202 g/mol. The second kappa shape index (κ2) is 3.54. The number of nitrogens with one attached hydrogen (secondary N) is 1. The summed E-state index contributed by atoms with van der Waals surface area (Å²) >= 11 is 0. The van der Waals surface area contributed by atoms with Crippen LogP contribution in [0.25, 0.3) is 0 Å². The molecule has 0 aromatic carbocycles. The van der Waals surface area contributed by atoms with Crippen molar-refractivity contribution in [3.63, 3.8) is 0 Å². The first-order valence-electron chi connectivity index (χ1n) is 3.61. The van der Waals surface area contributed by atoms with Crippen LogP contribution in [0, 0.1) is 11.3 Å². The van der Waals surface area contributed by atoms with E-state index < -0.39 is 17.4 Å². The van der Waals surface area contributed by atoms with E-state index in [-0.39, 0.29) is 12.0 Å². The molecule has 0 bridgehead atoms. The molecule has 0 aliphatic heterocycles. The molecule has 3 nitrogen and oxygen atoms in total. The van der Waals surface area contributed by atoms with Crippen LogP contribution in [0.15, 0.2) is 16.9 Å². The van der Waals surface area contributed by atoms with E-state index in [1.165, 1.54) is 0 Å². The number of H-pyrrole nitrogens is 1. The number of nitrogens with zero attached hydrogens (tertiary/aromatic N) is 1. The SMILES string of the molecule is N#CCc1ccc(C(F)(F)F)[nH]c1=O. The average molecular weight is 202 g/mol. The zero-order valence-electron chi connectivity index (χ0n) is 6.85. The largest absolute Gasteiger partial charge is 0.431 e. The van der Waals surface area contributed by atoms with E-state index >= 15 is 0 Å². The summed E-state index contributed by atoms with van der Waals surface area (Å²) in [5, 5.41) is 8.25. The van der Waals surface area contributed by atoms with Crippen LogP contribution in [0.3, 0.4) is 0 Å². The average Bonchev–Trinajstić information content (AvgIpc) is 2.07. The first-order valence-corrected chi connectivity index (χ1v) is 3.61. The molecule has 1 N–H and O–H groups in total. The molecule has 1 aromatic rings. The zero-order valence-corrected chi connectivity index (χ0v) is 6.85. The Bertz CT molecular complexity index is 427. The Labute approximate surface area is 76.8 Å². The Morgan fingerprint density at radius 2 is 2.07 bits per heavy atom. The van der Waals surface area contributed by atoms with E-state index in [2.05, 4.69) is 0 Å². The van der Waals surface area contributed by atoms with Gasteiger partial charge in [-0.15, -0.1) is 0 Å². The highest BCUT2D eigenvalue weighted by atomic mass is 19.4. The number of alkyl halides is 3. The summed E-state index contributed by atoms with van der Waals surface area (Å²) in [5.41, 5.74) is -1.95. The molecule has 0 saturated carbocycles. The fraction of sp³-hybridized carbons (Fsp3) is 0.250. The second-order valence-electron chi connectivity index (χ2n) is 2.56. The fourth-order valence-electron chi connectivity index (χ4n) is 0.894. The number of rotatable bonds is 1. The quantitative estimate of drug-likeness (QED) is 0.749. The summed E-state index contributed by atoms with van der Waals surface area (Å²) in [7, 11) is 0. The van der Waals surface area contributed by atoms with Crippen molar-refractivity contribution in [2.24, 2.45) is 0 Å². The normalized spacial score (nSPS) is 11.0. The van der Waals surface area contributed by atoms with Crippen molar-refractivity contribution >= 4 is 0 Å². The Morgan fingerprint density at radius 3 is 2.50 bits per heavy atom. The maximum atomic E-state index is 12.1. The number of aromatic amines is 1. The number of hydrogen-bond donors (Lipinski definition) is 1. The first-order chi connectivity index (χ1) is 6.45. The fourth-order valence-corrected chi connectivity index (χ4v) is 0.894. The second-order valence-corrected chi connectivity index (χ2v) is 2.56. The maximum Gasteiger partial charge on any atom is 0.431 e. The lowest BCUT2D eigenvalue weighted by atomic mass is 10.2. The predicted octanol–water partition coefficient (Wildman–Crippen LogP) is 1.46. The van der Waals surface area contributed by atoms with Crippen molar-refractivity contribution in [3.8, 4) is 6.07 Å². The number of hydrogen-bond acceptors (Lipinski definition) is 2. The molecular formula is C8H5F3N2O. The standard InChI is InChI=1S/C8H5F3N2O/c9-8(10,11)6-2-1-5(3-4-12)7(14)13-6/h1-2H,3H2,(H,13,14). The molecule has 6 heteroatoms. The third kappa shape index (κ3) is 2.13. The highest BCUT2D eigenvalue weighted by Gasteiger charge is 2.31. The van der Waals surface area contributed by atoms with Crippen LogP contribution in [0.5, 0.6) is 0 Å². The topological polar surface area (TPSA) is 56.6 Å². The maximum absolute atomic E-state index is 12.1. The van der Waals surface area contributed by atoms with Crippen LogP contribution < -0.4 is 5.56 Å². The van der Waals surface area contributed by atoms with Crippen LogP contribution in [0.4, 0.5) is 13.2 Å². The van der Waals surface area contributed by atoms with Gasteiger partial charge in [-0.2, -0.15) is 18.4 Å². The molecule has 74 valence electrons. The number of halogens is 3. The zero-order chi connectivity index (χ0) is 10.8. The van der Waals surface area contributed by atoms with Crippen LogP contribution >= 0.6 is 0 Å². The van der Waals surface area contributed by atoms with Gasteiger partial charge in [0.15, 0.2) is 0 Å². The van der Waals surface area contributed by atoms with Crippen LogP contribution in [-0.2, 0) is 12.6 Å². The van der Waals surface area contributed by atoms with E-state index in [1.807, 2.05) is 0 Å². The van der Waals surface area contributed by atoms with E-state index in [0.717, 1.165) is 12.1 Å². The first kappa shape index (κ1) is 10.3. The van der Waals surface area contributed by atoms with Crippen molar-refractivity contribution in [2.75, 3.05) is 0 Å². The summed E-state index contributed by atoms with van der Waals surface area (Å²) in [5.74, 6) is 0. The van der Waals surface area contributed by atoms with Gasteiger partial charge >= 0.3 is 6.18 Å². The van der Waals surface area contributed by atoms with Gasteiger partial charge in [-0.05, 0) is 6.07 Å². The lowest BCUT2D eigenvalue weighted by Crippen LogP contribution is -2.18. The van der Waals surface area contributed by atoms with Crippen LogP contribution in [-0.4, -0.2) is 4.98 Å². The molecule has 0 radical (unpaired) electrons. The van der Waals surface area contributed by atoms with Gasteiger partial charge in [0.25, 0.3) is 5.56 Å². The smallest absolute Gasteiger partial charge is 0.318 e. The Kier molecular flexibility index (Phi) is 2.60. The number of nitriles is 1. The van der Waals surface area contributed by atoms with Gasteiger partial charge in [0.1, 0.15) is 5.69 Å². The molecule has 0 aliphatic rings. The van der Waals surface area contributed by atoms with Crippen molar-refractivity contribution < 1.29 is 13.2 Å². The third-order valence-electron chi connectivity index (χ3n) is 1.57. The lowest BCUT2D eigenvalue weighted by molar-refractivity contribution is -0.141. The summed E-state index contributed by atoms with van der Waals surface area (Å²) < 4.78 is 36.2. The molecule has 0 aliphatic carbocycles. The molecular weight excluding hydrogens is 197 g/mol. The number of pyridine rings is 1. The van der Waals surface area contributed by atoms with E-state index in [9.17, 15) is 18.0 Å². The van der Waals surface area contributed by atoms with Crippen LogP contribution in [0.1, 0.15) is 11.3 Å². The van der Waals surface area contributed by atoms with E-state index in [0.29, 0.717) is 0 Å². The van der Waals surface area contributed by atoms with Crippen molar-refractivity contribution in [1.82, 2.24) is 4.98 Å². The molecule has 14 heavy (non-hydrogen) atoms. The molecule has 0 amide bonds. The van der Waals surface area contributed by atoms with E-state index in [4.69, 9.17) is 5.26 Å². The Morgan fingerprint density at radius 1 is 1.43 bits per heavy atom. The van der Waals surface area contributed by atoms with Crippen LogP contribution in [0.2, 0.25) is 0 Å². The number of aromatic nitrogens is 1. The molecule has 1 aromatic heterocycles. The van der Waals surface area contributed by atoms with Crippen molar-refractivity contribution in [3.05, 3.63) is 33.7 Å². The Balaban J connectivity index is 3.15. The highest BCUT2D eigenvalue weighted by Crippen LogP contribution is 2.26. The summed E-state index contributed by atoms with van der Waals surface area (Å²) in [4.78, 5) is 12.6. The summed E-state index contributed by atoms with van der Waals surface area (Å²) in [6.07, 6.45) is -4.77. The van der Waals surface area contributed by atoms with Crippen molar-refractivity contribution in [1.29, 1.82) is 5.26 Å². The predicted molar refractivity (Wildman–Crippen MR) is 41.4 cm³/mol. The molecule has 0 fully saturated rings. The van der Waals surface area contributed by atoms with E-state index in [1.54, 1.807) is 11.1 Å². The summed E-state index contributed by atoms with van der Waals surface area (Å²) in [6.45, 7) is 0. The molecule has 0 unspecified atom stereocenters. The molecule has 0 saturated heterocycles. The van der Waals surface area contributed by atoms with Gasteiger partial charge < -0.3 is 4.98 Å². The minimum atomic E-state index is -4.57. The summed E-state index contributed by atoms with van der Waals surface area (Å²) in [6, 6.07) is 3.43. The highest BCUT2D eigenvalue weighted by molar-refractivity contribution is 5.18. The van der Waals surface area contributed by atoms with Crippen molar-refractivity contribution in [2.45, 2.75) is 12.6 Å².